The highest BCUT2D eigenvalue weighted by molar-refractivity contribution is 5.72. The van der Waals surface area contributed by atoms with Crippen LogP contribution < -0.4 is 10.6 Å². The van der Waals surface area contributed by atoms with Crippen LogP contribution in [0.25, 0.3) is 0 Å². The molecule has 0 spiro atoms. The van der Waals surface area contributed by atoms with Gasteiger partial charge in [0.1, 0.15) is 0 Å². The van der Waals surface area contributed by atoms with Gasteiger partial charge in [-0.05, 0) is 108 Å². The van der Waals surface area contributed by atoms with Gasteiger partial charge in [0.25, 0.3) is 0 Å². The number of rotatable bonds is 5. The Morgan fingerprint density at radius 1 is 0.688 bits per heavy atom. The molecule has 0 aromatic heterocycles. The van der Waals surface area contributed by atoms with Gasteiger partial charge in [0.05, 0.1) is 0 Å². The van der Waals surface area contributed by atoms with Crippen LogP contribution in [0.5, 0.6) is 0 Å². The number of hydrogen-bond acceptors (Lipinski definition) is 2. The molecule has 1 aliphatic rings. The molecular formula is C30H38N2. The van der Waals surface area contributed by atoms with E-state index in [1.54, 1.807) is 0 Å². The maximum absolute atomic E-state index is 3.73. The van der Waals surface area contributed by atoms with Crippen molar-refractivity contribution in [3.8, 4) is 0 Å². The van der Waals surface area contributed by atoms with Crippen molar-refractivity contribution in [2.24, 2.45) is 0 Å². The Balaban J connectivity index is 1.64. The Morgan fingerprint density at radius 3 is 1.84 bits per heavy atom. The van der Waals surface area contributed by atoms with Crippen LogP contribution in [0.1, 0.15) is 75.3 Å². The van der Waals surface area contributed by atoms with Crippen molar-refractivity contribution in [1.29, 1.82) is 0 Å². The molecule has 2 heteroatoms. The van der Waals surface area contributed by atoms with Crippen molar-refractivity contribution < 1.29 is 0 Å². The molecule has 0 fully saturated rings. The molecule has 0 unspecified atom stereocenters. The Labute approximate surface area is 194 Å². The van der Waals surface area contributed by atoms with E-state index < -0.39 is 0 Å². The highest BCUT2D eigenvalue weighted by Gasteiger charge is 2.37. The van der Waals surface area contributed by atoms with Crippen LogP contribution in [-0.4, -0.2) is 0 Å². The number of aryl methyl sites for hydroxylation is 3. The van der Waals surface area contributed by atoms with Gasteiger partial charge in [0, 0.05) is 22.7 Å². The molecule has 0 aliphatic heterocycles. The third-order valence-electron chi connectivity index (χ3n) is 7.20. The zero-order valence-corrected chi connectivity index (χ0v) is 20.8. The number of nitrogens with one attached hydrogen (secondary N) is 2. The summed E-state index contributed by atoms with van der Waals surface area (Å²) >= 11 is 0. The second-order valence-corrected chi connectivity index (χ2v) is 10.9. The molecule has 0 atom stereocenters. The molecule has 0 heterocycles. The predicted molar refractivity (Wildman–Crippen MR) is 140 cm³/mol. The molecule has 2 N–H and O–H groups in total. The van der Waals surface area contributed by atoms with Crippen molar-refractivity contribution in [3.05, 3.63) is 82.4 Å². The summed E-state index contributed by atoms with van der Waals surface area (Å²) in [5.41, 5.74) is 11.9. The summed E-state index contributed by atoms with van der Waals surface area (Å²) in [5.74, 6) is 0. The summed E-state index contributed by atoms with van der Waals surface area (Å²) in [7, 11) is 0. The van der Waals surface area contributed by atoms with Crippen molar-refractivity contribution in [3.63, 3.8) is 0 Å². The molecule has 0 saturated heterocycles. The Morgan fingerprint density at radius 2 is 1.25 bits per heavy atom. The second kappa shape index (κ2) is 8.31. The van der Waals surface area contributed by atoms with E-state index in [1.165, 1.54) is 46.3 Å². The number of benzene rings is 3. The van der Waals surface area contributed by atoms with Crippen LogP contribution in [-0.2, 0) is 17.3 Å². The van der Waals surface area contributed by atoms with Crippen LogP contribution in [0, 0.1) is 13.8 Å². The molecule has 2 nitrogen and oxygen atoms in total. The zero-order valence-electron chi connectivity index (χ0n) is 20.8. The number of hydrogen-bond donors (Lipinski definition) is 2. The van der Waals surface area contributed by atoms with Crippen LogP contribution in [0.4, 0.5) is 22.7 Å². The number of fused-ring (bicyclic) bond motifs is 1. The fourth-order valence-corrected chi connectivity index (χ4v) is 4.93. The quantitative estimate of drug-likeness (QED) is 0.426. The van der Waals surface area contributed by atoms with Gasteiger partial charge in [-0.2, -0.15) is 0 Å². The lowest BCUT2D eigenvalue weighted by molar-refractivity contribution is 0.332. The average molecular weight is 427 g/mol. The average Bonchev–Trinajstić information content (AvgIpc) is 2.73. The highest BCUT2D eigenvalue weighted by Crippen LogP contribution is 2.47. The largest absolute Gasteiger partial charge is 0.355 e. The summed E-state index contributed by atoms with van der Waals surface area (Å²) in [6.07, 6.45) is 3.53. The lowest BCUT2D eigenvalue weighted by Gasteiger charge is -2.42. The predicted octanol–water partition coefficient (Wildman–Crippen LogP) is 8.70. The van der Waals surface area contributed by atoms with Gasteiger partial charge in [-0.1, -0.05) is 52.8 Å². The molecule has 4 rings (SSSR count). The van der Waals surface area contributed by atoms with Gasteiger partial charge in [-0.3, -0.25) is 0 Å². The second-order valence-electron chi connectivity index (χ2n) is 10.9. The minimum atomic E-state index is 0.207. The molecule has 3 aromatic rings. The van der Waals surface area contributed by atoms with Gasteiger partial charge >= 0.3 is 0 Å². The van der Waals surface area contributed by atoms with Gasteiger partial charge < -0.3 is 10.6 Å². The van der Waals surface area contributed by atoms with E-state index in [4.69, 9.17) is 0 Å². The normalized spacial score (nSPS) is 16.3. The molecule has 3 aromatic carbocycles. The van der Waals surface area contributed by atoms with Crippen LogP contribution in [0.3, 0.4) is 0 Å². The monoisotopic (exact) mass is 426 g/mol. The first-order valence-electron chi connectivity index (χ1n) is 12.0. The lowest BCUT2D eigenvalue weighted by Crippen LogP contribution is -2.34. The molecular weight excluding hydrogens is 388 g/mol. The zero-order chi connectivity index (χ0) is 23.1. The Bertz CT molecular complexity index is 1120. The van der Waals surface area contributed by atoms with Crippen LogP contribution in [0.2, 0.25) is 0 Å². The summed E-state index contributed by atoms with van der Waals surface area (Å²) in [5, 5.41) is 7.30. The minimum Gasteiger partial charge on any atom is -0.355 e. The van der Waals surface area contributed by atoms with Gasteiger partial charge in [-0.15, -0.1) is 0 Å². The van der Waals surface area contributed by atoms with E-state index in [0.717, 1.165) is 23.5 Å². The maximum atomic E-state index is 3.73. The smallest absolute Gasteiger partial charge is 0.0417 e. The molecule has 0 amide bonds. The first-order valence-corrected chi connectivity index (χ1v) is 12.0. The van der Waals surface area contributed by atoms with Crippen molar-refractivity contribution in [2.75, 3.05) is 10.6 Å². The van der Waals surface area contributed by atoms with Crippen LogP contribution >= 0.6 is 0 Å². The van der Waals surface area contributed by atoms with Crippen molar-refractivity contribution in [2.45, 2.75) is 78.6 Å². The van der Waals surface area contributed by atoms with E-state index in [2.05, 4.69) is 114 Å². The summed E-state index contributed by atoms with van der Waals surface area (Å²) in [4.78, 5) is 0. The Hall–Kier alpha value is -2.74. The standard InChI is InChI=1S/C30H38N2/c1-8-22-9-11-23(12-10-22)31-24-15-20(2)16-25(18-24)32-28-19-27-26(17-21(28)3)29(4,5)13-14-30(27,6)7/h9-12,15-19,31-32H,8,13-14H2,1-7H3. The first kappa shape index (κ1) is 22.5. The third kappa shape index (κ3) is 4.55. The van der Waals surface area contributed by atoms with Crippen LogP contribution in [0.15, 0.2) is 54.6 Å². The summed E-state index contributed by atoms with van der Waals surface area (Å²) in [6, 6.07) is 20.1. The molecule has 0 saturated carbocycles. The van der Waals surface area contributed by atoms with E-state index in [0.29, 0.717) is 0 Å². The molecule has 32 heavy (non-hydrogen) atoms. The minimum absolute atomic E-state index is 0.207. The fourth-order valence-electron chi connectivity index (χ4n) is 4.93. The van der Waals surface area contributed by atoms with E-state index in [-0.39, 0.29) is 10.8 Å². The van der Waals surface area contributed by atoms with Gasteiger partial charge in [0.15, 0.2) is 0 Å². The SMILES string of the molecule is CCc1ccc(Nc2cc(C)cc(Nc3cc4c(cc3C)C(C)(C)CCC4(C)C)c2)cc1. The topological polar surface area (TPSA) is 24.1 Å². The maximum Gasteiger partial charge on any atom is 0.0417 e. The molecule has 0 radical (unpaired) electrons. The molecule has 0 bridgehead atoms. The summed E-state index contributed by atoms with van der Waals surface area (Å²) < 4.78 is 0. The number of anilines is 4. The Kier molecular flexibility index (Phi) is 5.83. The first-order chi connectivity index (χ1) is 15.1. The van der Waals surface area contributed by atoms with Crippen molar-refractivity contribution >= 4 is 22.7 Å². The lowest BCUT2D eigenvalue weighted by atomic mass is 9.63. The third-order valence-corrected chi connectivity index (χ3v) is 7.20. The fraction of sp³-hybridized carbons (Fsp3) is 0.400. The van der Waals surface area contributed by atoms with Gasteiger partial charge in [0.2, 0.25) is 0 Å². The van der Waals surface area contributed by atoms with E-state index >= 15 is 0 Å². The van der Waals surface area contributed by atoms with Crippen molar-refractivity contribution in [1.82, 2.24) is 0 Å². The molecule has 1 aliphatic carbocycles. The summed E-state index contributed by atoms with van der Waals surface area (Å²) in [6.45, 7) is 16.1. The highest BCUT2D eigenvalue weighted by atomic mass is 14.9. The molecule has 168 valence electrons. The van der Waals surface area contributed by atoms with E-state index in [9.17, 15) is 0 Å². The van der Waals surface area contributed by atoms with Gasteiger partial charge in [-0.25, -0.2) is 0 Å². The van der Waals surface area contributed by atoms with E-state index in [1.807, 2.05) is 0 Å².